The topological polar surface area (TPSA) is 49.7 Å². The van der Waals surface area contributed by atoms with E-state index in [-0.39, 0.29) is 0 Å². The maximum atomic E-state index is 13.2. The van der Waals surface area contributed by atoms with E-state index in [1.807, 2.05) is 0 Å². The van der Waals surface area contributed by atoms with Crippen molar-refractivity contribution in [2.75, 3.05) is 6.54 Å². The van der Waals surface area contributed by atoms with Crippen LogP contribution in [0.2, 0.25) is 0 Å². The summed E-state index contributed by atoms with van der Waals surface area (Å²) in [6, 6.07) is 5.02. The number of phenolic OH excluding ortho intramolecular Hbond substituents is 1. The van der Waals surface area contributed by atoms with Crippen LogP contribution in [0, 0.1) is 0 Å². The average Bonchev–Trinajstić information content (AvgIpc) is 2.15. The molecule has 0 fully saturated rings. The van der Waals surface area contributed by atoms with E-state index in [0.717, 1.165) is 18.2 Å². The molecule has 5 heteroatoms. The molecule has 0 saturated heterocycles. The summed E-state index contributed by atoms with van der Waals surface area (Å²) in [5.74, 6) is -3.86. The Morgan fingerprint density at radius 2 is 2.07 bits per heavy atom. The minimum Gasteiger partial charge on any atom is -0.507 e. The van der Waals surface area contributed by atoms with Gasteiger partial charge in [0.25, 0.3) is 5.92 Å². The maximum absolute atomic E-state index is 13.2. The number of phenols is 1. The smallest absolute Gasteiger partial charge is 0.296 e. The SMILES string of the molecule is O=C=NCC(F)(F)c1ccccc1O. The van der Waals surface area contributed by atoms with E-state index >= 15 is 0 Å². The Balaban J connectivity index is 3.02. The molecule has 0 amide bonds. The van der Waals surface area contributed by atoms with Crippen LogP contribution in [-0.2, 0) is 10.7 Å². The van der Waals surface area contributed by atoms with E-state index in [9.17, 15) is 13.6 Å². The molecule has 1 N–H and O–H groups in total. The van der Waals surface area contributed by atoms with Gasteiger partial charge in [-0.25, -0.2) is 4.79 Å². The fourth-order valence-corrected chi connectivity index (χ4v) is 1.000. The van der Waals surface area contributed by atoms with E-state index in [2.05, 4.69) is 4.99 Å². The van der Waals surface area contributed by atoms with Crippen LogP contribution in [0.3, 0.4) is 0 Å². The van der Waals surface area contributed by atoms with Gasteiger partial charge >= 0.3 is 0 Å². The first-order valence-electron chi connectivity index (χ1n) is 3.78. The fraction of sp³-hybridized carbons (Fsp3) is 0.222. The van der Waals surface area contributed by atoms with Gasteiger partial charge in [0.05, 0.1) is 5.56 Å². The third kappa shape index (κ3) is 2.14. The number of rotatable bonds is 3. The highest BCUT2D eigenvalue weighted by molar-refractivity contribution is 5.37. The van der Waals surface area contributed by atoms with Crippen LogP contribution in [-0.4, -0.2) is 17.7 Å². The number of halogens is 2. The molecule has 1 rings (SSSR count). The lowest BCUT2D eigenvalue weighted by Crippen LogP contribution is -2.17. The average molecular weight is 199 g/mol. The van der Waals surface area contributed by atoms with Gasteiger partial charge in [0, 0.05) is 0 Å². The second kappa shape index (κ2) is 3.98. The molecule has 0 aliphatic rings. The van der Waals surface area contributed by atoms with E-state index in [0.29, 0.717) is 0 Å². The Kier molecular flexibility index (Phi) is 2.94. The lowest BCUT2D eigenvalue weighted by molar-refractivity contribution is 0.00436. The maximum Gasteiger partial charge on any atom is 0.296 e. The van der Waals surface area contributed by atoms with Crippen LogP contribution in [0.25, 0.3) is 0 Å². The Morgan fingerprint density at radius 3 is 2.64 bits per heavy atom. The van der Waals surface area contributed by atoms with Gasteiger partial charge < -0.3 is 5.11 Å². The molecule has 0 saturated carbocycles. The van der Waals surface area contributed by atoms with Gasteiger partial charge in [0.1, 0.15) is 12.3 Å². The Hall–Kier alpha value is -1.74. The van der Waals surface area contributed by atoms with Crippen molar-refractivity contribution in [3.63, 3.8) is 0 Å². The number of hydrogen-bond acceptors (Lipinski definition) is 3. The summed E-state index contributed by atoms with van der Waals surface area (Å²) in [4.78, 5) is 12.5. The molecular formula is C9H7F2NO2. The largest absolute Gasteiger partial charge is 0.507 e. The van der Waals surface area contributed by atoms with Gasteiger partial charge in [-0.05, 0) is 12.1 Å². The number of benzene rings is 1. The van der Waals surface area contributed by atoms with E-state index < -0.39 is 23.8 Å². The van der Waals surface area contributed by atoms with Crippen molar-refractivity contribution in [2.24, 2.45) is 4.99 Å². The molecule has 1 aromatic carbocycles. The molecule has 14 heavy (non-hydrogen) atoms. The van der Waals surface area contributed by atoms with Crippen LogP contribution in [0.4, 0.5) is 8.78 Å². The second-order valence-electron chi connectivity index (χ2n) is 2.63. The third-order valence-electron chi connectivity index (χ3n) is 1.64. The van der Waals surface area contributed by atoms with Crippen molar-refractivity contribution in [1.82, 2.24) is 0 Å². The van der Waals surface area contributed by atoms with Gasteiger partial charge in [0.15, 0.2) is 0 Å². The standard InChI is InChI=1S/C9H7F2NO2/c10-9(11,5-12-6-13)7-3-1-2-4-8(7)14/h1-4,14H,5H2. The number of alkyl halides is 2. The molecule has 1 aromatic rings. The molecule has 0 aliphatic heterocycles. The molecule has 3 nitrogen and oxygen atoms in total. The molecule has 0 aromatic heterocycles. The fourth-order valence-electron chi connectivity index (χ4n) is 1.000. The molecule has 0 spiro atoms. The number of nitrogens with zero attached hydrogens (tertiary/aromatic N) is 1. The van der Waals surface area contributed by atoms with Crippen LogP contribution in [0.1, 0.15) is 5.56 Å². The van der Waals surface area contributed by atoms with Crippen LogP contribution in [0.15, 0.2) is 29.3 Å². The van der Waals surface area contributed by atoms with E-state index in [1.165, 1.54) is 12.1 Å². The molecule has 0 atom stereocenters. The monoisotopic (exact) mass is 199 g/mol. The van der Waals surface area contributed by atoms with Crippen LogP contribution in [0.5, 0.6) is 5.75 Å². The lowest BCUT2D eigenvalue weighted by atomic mass is 10.1. The summed E-state index contributed by atoms with van der Waals surface area (Å²) < 4.78 is 26.3. The van der Waals surface area contributed by atoms with Gasteiger partial charge in [-0.1, -0.05) is 12.1 Å². The highest BCUT2D eigenvalue weighted by Crippen LogP contribution is 2.34. The first-order valence-corrected chi connectivity index (χ1v) is 3.78. The zero-order valence-corrected chi connectivity index (χ0v) is 7.08. The molecule has 74 valence electrons. The molecule has 0 heterocycles. The summed E-state index contributed by atoms with van der Waals surface area (Å²) >= 11 is 0. The number of carbonyl (C=O) groups excluding carboxylic acids is 1. The molecule has 0 radical (unpaired) electrons. The number of para-hydroxylation sites is 1. The first-order chi connectivity index (χ1) is 6.58. The predicted molar refractivity (Wildman–Crippen MR) is 45.0 cm³/mol. The summed E-state index contributed by atoms with van der Waals surface area (Å²) in [6.45, 7) is -1.01. The van der Waals surface area contributed by atoms with E-state index in [4.69, 9.17) is 5.11 Å². The van der Waals surface area contributed by atoms with Gasteiger partial charge in [-0.2, -0.15) is 13.8 Å². The molecule has 0 bridgehead atoms. The summed E-state index contributed by atoms with van der Waals surface area (Å²) in [5.41, 5.74) is -0.543. The lowest BCUT2D eigenvalue weighted by Gasteiger charge is -2.14. The van der Waals surface area contributed by atoms with Gasteiger partial charge in [0.2, 0.25) is 6.08 Å². The number of aromatic hydroxyl groups is 1. The second-order valence-corrected chi connectivity index (χ2v) is 2.63. The molecule has 0 aliphatic carbocycles. The highest BCUT2D eigenvalue weighted by atomic mass is 19.3. The van der Waals surface area contributed by atoms with Gasteiger partial charge in [-0.3, -0.25) is 0 Å². The minimum atomic E-state index is -3.34. The zero-order valence-electron chi connectivity index (χ0n) is 7.08. The third-order valence-corrected chi connectivity index (χ3v) is 1.64. The molecular weight excluding hydrogens is 192 g/mol. The zero-order chi connectivity index (χ0) is 10.6. The summed E-state index contributed by atoms with van der Waals surface area (Å²) in [5, 5.41) is 9.13. The normalized spacial score (nSPS) is 10.7. The van der Waals surface area contributed by atoms with Crippen molar-refractivity contribution in [2.45, 2.75) is 5.92 Å². The number of isocyanates is 1. The quantitative estimate of drug-likeness (QED) is 0.596. The van der Waals surface area contributed by atoms with Crippen LogP contribution < -0.4 is 0 Å². The van der Waals surface area contributed by atoms with Crippen molar-refractivity contribution in [3.05, 3.63) is 29.8 Å². The van der Waals surface area contributed by atoms with E-state index in [1.54, 1.807) is 0 Å². The Bertz CT molecular complexity index is 373. The van der Waals surface area contributed by atoms with Crippen molar-refractivity contribution < 1.29 is 18.7 Å². The van der Waals surface area contributed by atoms with Crippen molar-refractivity contribution >= 4 is 6.08 Å². The van der Waals surface area contributed by atoms with Gasteiger partial charge in [-0.15, -0.1) is 0 Å². The first kappa shape index (κ1) is 10.3. The van der Waals surface area contributed by atoms with Crippen LogP contribution >= 0.6 is 0 Å². The number of aliphatic imine (C=N–C) groups is 1. The summed E-state index contributed by atoms with van der Waals surface area (Å²) in [7, 11) is 0. The molecule has 0 unspecified atom stereocenters. The highest BCUT2D eigenvalue weighted by Gasteiger charge is 2.33. The predicted octanol–water partition coefficient (Wildman–Crippen LogP) is 1.82. The Morgan fingerprint density at radius 1 is 1.43 bits per heavy atom. The Labute approximate surface area is 78.7 Å². The minimum absolute atomic E-state index is 0.515. The van der Waals surface area contributed by atoms with Crippen molar-refractivity contribution in [1.29, 1.82) is 0 Å². The summed E-state index contributed by atoms with van der Waals surface area (Å²) in [6.07, 6.45) is 1.03. The number of hydrogen-bond donors (Lipinski definition) is 1. The van der Waals surface area contributed by atoms with Crippen molar-refractivity contribution in [3.8, 4) is 5.75 Å².